The Morgan fingerprint density at radius 1 is 1.20 bits per heavy atom. The van der Waals surface area contributed by atoms with Crippen LogP contribution < -0.4 is 9.47 Å². The van der Waals surface area contributed by atoms with Crippen molar-refractivity contribution in [2.45, 2.75) is 18.8 Å². The summed E-state index contributed by atoms with van der Waals surface area (Å²) in [6.45, 7) is 0. The van der Waals surface area contributed by atoms with Gasteiger partial charge in [0.1, 0.15) is 22.0 Å². The van der Waals surface area contributed by atoms with E-state index in [2.05, 4.69) is 9.97 Å². The van der Waals surface area contributed by atoms with Crippen LogP contribution in [0.2, 0.25) is 0 Å². The summed E-state index contributed by atoms with van der Waals surface area (Å²) in [5.41, 5.74) is 1.85. The van der Waals surface area contributed by atoms with Crippen LogP contribution >= 0.6 is 12.2 Å². The molecule has 0 saturated heterocycles. The average Bonchev–Trinajstić information content (AvgIpc) is 3.30. The maximum atomic E-state index is 5.43. The van der Waals surface area contributed by atoms with Crippen molar-refractivity contribution in [3.63, 3.8) is 0 Å². The highest BCUT2D eigenvalue weighted by Gasteiger charge is 2.26. The number of aromatic nitrogens is 2. The standard InChI is InChI=1S/C15H16N2O2S/c1-18-10-5-6-13(19-2)11(7-10)12-8-14(20)17-15(16-12)9-3-4-9/h5-9H,3-4H2,1-2H3,(H,16,17,20). The molecule has 1 aliphatic rings. The molecule has 1 aromatic carbocycles. The molecule has 0 spiro atoms. The molecule has 1 heterocycles. The number of hydrogen-bond acceptors (Lipinski definition) is 4. The minimum Gasteiger partial charge on any atom is -0.497 e. The highest BCUT2D eigenvalue weighted by molar-refractivity contribution is 7.71. The summed E-state index contributed by atoms with van der Waals surface area (Å²) < 4.78 is 11.3. The number of rotatable bonds is 4. The van der Waals surface area contributed by atoms with Crippen LogP contribution in [0.1, 0.15) is 24.6 Å². The molecule has 0 atom stereocenters. The number of nitrogens with zero attached hydrogens (tertiary/aromatic N) is 1. The monoisotopic (exact) mass is 288 g/mol. The molecule has 5 heteroatoms. The highest BCUT2D eigenvalue weighted by Crippen LogP contribution is 2.39. The summed E-state index contributed by atoms with van der Waals surface area (Å²) >= 11 is 5.27. The fourth-order valence-electron chi connectivity index (χ4n) is 2.20. The number of nitrogens with one attached hydrogen (secondary N) is 1. The summed E-state index contributed by atoms with van der Waals surface area (Å²) in [5.74, 6) is 3.06. The number of H-pyrrole nitrogens is 1. The normalized spacial score (nSPS) is 14.1. The lowest BCUT2D eigenvalue weighted by atomic mass is 10.1. The molecule has 3 rings (SSSR count). The van der Waals surface area contributed by atoms with Crippen LogP contribution in [0.5, 0.6) is 11.5 Å². The predicted molar refractivity (Wildman–Crippen MR) is 79.9 cm³/mol. The van der Waals surface area contributed by atoms with E-state index in [1.807, 2.05) is 24.3 Å². The number of benzene rings is 1. The van der Waals surface area contributed by atoms with Crippen LogP contribution in [-0.4, -0.2) is 24.2 Å². The van der Waals surface area contributed by atoms with Gasteiger partial charge in [0.25, 0.3) is 0 Å². The van der Waals surface area contributed by atoms with Crippen molar-refractivity contribution in [2.24, 2.45) is 0 Å². The van der Waals surface area contributed by atoms with Crippen LogP contribution in [0.15, 0.2) is 24.3 Å². The molecule has 0 unspecified atom stereocenters. The molecular formula is C15H16N2O2S. The Balaban J connectivity index is 2.13. The van der Waals surface area contributed by atoms with Crippen LogP contribution in [0.3, 0.4) is 0 Å². The Morgan fingerprint density at radius 2 is 2.00 bits per heavy atom. The fourth-order valence-corrected chi connectivity index (χ4v) is 2.41. The van der Waals surface area contributed by atoms with Gasteiger partial charge in [0.2, 0.25) is 0 Å². The molecule has 1 fully saturated rings. The minimum absolute atomic E-state index is 0.522. The Hall–Kier alpha value is -1.88. The molecular weight excluding hydrogens is 272 g/mol. The Morgan fingerprint density at radius 3 is 2.65 bits per heavy atom. The molecule has 0 bridgehead atoms. The lowest BCUT2D eigenvalue weighted by molar-refractivity contribution is 0.404. The van der Waals surface area contributed by atoms with Crippen LogP contribution in [-0.2, 0) is 0 Å². The van der Waals surface area contributed by atoms with E-state index in [9.17, 15) is 0 Å². The van der Waals surface area contributed by atoms with Crippen molar-refractivity contribution in [2.75, 3.05) is 14.2 Å². The van der Waals surface area contributed by atoms with E-state index in [-0.39, 0.29) is 0 Å². The topological polar surface area (TPSA) is 47.1 Å². The molecule has 104 valence electrons. The summed E-state index contributed by atoms with van der Waals surface area (Å²) in [5, 5.41) is 0. The van der Waals surface area contributed by atoms with Gasteiger partial charge in [-0.3, -0.25) is 0 Å². The number of hydrogen-bond donors (Lipinski definition) is 1. The molecule has 20 heavy (non-hydrogen) atoms. The Bertz CT molecular complexity index is 693. The van der Waals surface area contributed by atoms with E-state index >= 15 is 0 Å². The first-order valence-corrected chi connectivity index (χ1v) is 6.95. The zero-order chi connectivity index (χ0) is 14.1. The van der Waals surface area contributed by atoms with E-state index in [1.54, 1.807) is 14.2 Å². The summed E-state index contributed by atoms with van der Waals surface area (Å²) in [6, 6.07) is 7.57. The van der Waals surface area contributed by atoms with E-state index in [0.717, 1.165) is 28.6 Å². The number of methoxy groups -OCH3 is 2. The second kappa shape index (κ2) is 5.25. The molecule has 0 radical (unpaired) electrons. The van der Waals surface area contributed by atoms with Crippen LogP contribution in [0.25, 0.3) is 11.3 Å². The molecule has 1 saturated carbocycles. The smallest absolute Gasteiger partial charge is 0.130 e. The van der Waals surface area contributed by atoms with E-state index in [1.165, 1.54) is 12.8 Å². The third-order valence-corrected chi connectivity index (χ3v) is 3.63. The molecule has 1 N–H and O–H groups in total. The molecule has 4 nitrogen and oxygen atoms in total. The zero-order valence-corrected chi connectivity index (χ0v) is 12.3. The molecule has 2 aromatic rings. The maximum Gasteiger partial charge on any atom is 0.130 e. The third kappa shape index (κ3) is 2.54. The molecule has 1 aromatic heterocycles. The molecule has 0 aliphatic heterocycles. The SMILES string of the molecule is COc1ccc(OC)c(-c2cc(=S)nc(C3CC3)[nH]2)c1. The second-order valence-corrected chi connectivity index (χ2v) is 5.28. The van der Waals surface area contributed by atoms with Gasteiger partial charge in [0.05, 0.1) is 19.9 Å². The molecule has 0 amide bonds. The van der Waals surface area contributed by atoms with Gasteiger partial charge in [0, 0.05) is 11.5 Å². The van der Waals surface area contributed by atoms with Crippen molar-refractivity contribution in [1.82, 2.24) is 9.97 Å². The lowest BCUT2D eigenvalue weighted by Gasteiger charge is -2.11. The Labute approximate surface area is 122 Å². The van der Waals surface area contributed by atoms with Gasteiger partial charge in [-0.2, -0.15) is 0 Å². The molecule has 1 aliphatic carbocycles. The first kappa shape index (κ1) is 13.1. The van der Waals surface area contributed by atoms with Crippen molar-refractivity contribution in [1.29, 1.82) is 0 Å². The van der Waals surface area contributed by atoms with Crippen LogP contribution in [0, 0.1) is 4.64 Å². The predicted octanol–water partition coefficient (Wildman–Crippen LogP) is 3.70. The van der Waals surface area contributed by atoms with Gasteiger partial charge in [-0.15, -0.1) is 0 Å². The van der Waals surface area contributed by atoms with Gasteiger partial charge in [-0.05, 0) is 37.1 Å². The van der Waals surface area contributed by atoms with Gasteiger partial charge < -0.3 is 14.5 Å². The van der Waals surface area contributed by atoms with Gasteiger partial charge in [-0.1, -0.05) is 12.2 Å². The van der Waals surface area contributed by atoms with Crippen molar-refractivity contribution in [3.8, 4) is 22.8 Å². The van der Waals surface area contributed by atoms with Gasteiger partial charge in [0.15, 0.2) is 0 Å². The van der Waals surface area contributed by atoms with Crippen molar-refractivity contribution in [3.05, 3.63) is 34.7 Å². The van der Waals surface area contributed by atoms with Crippen molar-refractivity contribution >= 4 is 12.2 Å². The van der Waals surface area contributed by atoms with E-state index < -0.39 is 0 Å². The summed E-state index contributed by atoms with van der Waals surface area (Å²) in [7, 11) is 3.30. The third-order valence-electron chi connectivity index (χ3n) is 3.42. The largest absolute Gasteiger partial charge is 0.497 e. The number of ether oxygens (including phenoxy) is 2. The van der Waals surface area contributed by atoms with E-state index in [0.29, 0.717) is 10.6 Å². The lowest BCUT2D eigenvalue weighted by Crippen LogP contribution is -1.97. The summed E-state index contributed by atoms with van der Waals surface area (Å²) in [6.07, 6.45) is 2.36. The minimum atomic E-state index is 0.522. The Kier molecular flexibility index (Phi) is 3.44. The summed E-state index contributed by atoms with van der Waals surface area (Å²) in [4.78, 5) is 7.78. The van der Waals surface area contributed by atoms with Gasteiger partial charge >= 0.3 is 0 Å². The van der Waals surface area contributed by atoms with Crippen LogP contribution in [0.4, 0.5) is 0 Å². The quantitative estimate of drug-likeness (QED) is 0.871. The van der Waals surface area contributed by atoms with Crippen molar-refractivity contribution < 1.29 is 9.47 Å². The average molecular weight is 288 g/mol. The highest BCUT2D eigenvalue weighted by atomic mass is 32.1. The van der Waals surface area contributed by atoms with Gasteiger partial charge in [-0.25, -0.2) is 4.98 Å². The first-order chi connectivity index (χ1) is 9.71. The number of aromatic amines is 1. The first-order valence-electron chi connectivity index (χ1n) is 6.55. The maximum absolute atomic E-state index is 5.43. The zero-order valence-electron chi connectivity index (χ0n) is 11.5. The fraction of sp³-hybridized carbons (Fsp3) is 0.333. The second-order valence-electron chi connectivity index (χ2n) is 4.86. The van der Waals surface area contributed by atoms with E-state index in [4.69, 9.17) is 21.7 Å².